The number of hydrogen-bond acceptors (Lipinski definition) is 6. The highest BCUT2D eigenvalue weighted by Crippen LogP contribution is 2.20. The van der Waals surface area contributed by atoms with Gasteiger partial charge in [0.15, 0.2) is 5.82 Å². The van der Waals surface area contributed by atoms with Crippen LogP contribution in [0.2, 0.25) is 0 Å². The van der Waals surface area contributed by atoms with Crippen molar-refractivity contribution in [3.63, 3.8) is 0 Å². The van der Waals surface area contributed by atoms with E-state index in [0.717, 1.165) is 0 Å². The molecule has 106 valence electrons. The van der Waals surface area contributed by atoms with Crippen LogP contribution in [0.1, 0.15) is 32.0 Å². The van der Waals surface area contributed by atoms with Gasteiger partial charge in [0.25, 0.3) is 0 Å². The molecule has 0 spiro atoms. The smallest absolute Gasteiger partial charge is 0.321 e. The zero-order chi connectivity index (χ0) is 14.0. The fourth-order valence-electron chi connectivity index (χ4n) is 2.28. The number of aliphatic carboxylic acids is 1. The van der Waals surface area contributed by atoms with Gasteiger partial charge in [-0.25, -0.2) is 0 Å². The highest BCUT2D eigenvalue weighted by molar-refractivity contribution is 5.74. The third-order valence-electron chi connectivity index (χ3n) is 3.10. The number of carbonyl (C=O) groups is 1. The molecule has 2 heterocycles. The summed E-state index contributed by atoms with van der Waals surface area (Å²) in [5.74, 6) is 0.531. The van der Waals surface area contributed by atoms with Crippen LogP contribution in [-0.4, -0.2) is 49.9 Å². The van der Waals surface area contributed by atoms with Crippen LogP contribution >= 0.6 is 0 Å². The summed E-state index contributed by atoms with van der Waals surface area (Å²) < 4.78 is 5.11. The van der Waals surface area contributed by atoms with Crippen LogP contribution in [0.5, 0.6) is 0 Å². The quantitative estimate of drug-likeness (QED) is 0.792. The van der Waals surface area contributed by atoms with Gasteiger partial charge < -0.3 is 14.7 Å². The van der Waals surface area contributed by atoms with Crippen molar-refractivity contribution in [1.82, 2.24) is 15.0 Å². The van der Waals surface area contributed by atoms with Crippen molar-refractivity contribution < 1.29 is 19.5 Å². The zero-order valence-electron chi connectivity index (χ0n) is 11.1. The van der Waals surface area contributed by atoms with Crippen molar-refractivity contribution in [3.8, 4) is 0 Å². The van der Waals surface area contributed by atoms with Crippen molar-refractivity contribution in [2.45, 2.75) is 45.4 Å². The Hall–Kier alpha value is -1.47. The molecule has 2 atom stereocenters. The van der Waals surface area contributed by atoms with E-state index in [9.17, 15) is 9.90 Å². The van der Waals surface area contributed by atoms with E-state index in [2.05, 4.69) is 24.0 Å². The number of aliphatic hydroxyl groups excluding tert-OH is 1. The maximum atomic E-state index is 11.1. The minimum Gasteiger partial charge on any atom is -0.480 e. The largest absolute Gasteiger partial charge is 0.480 e. The van der Waals surface area contributed by atoms with E-state index < -0.39 is 18.1 Å². The molecule has 1 aliphatic heterocycles. The molecule has 7 nitrogen and oxygen atoms in total. The number of aliphatic hydroxyl groups is 1. The molecule has 1 fully saturated rings. The van der Waals surface area contributed by atoms with Gasteiger partial charge in [0.05, 0.1) is 12.6 Å². The van der Waals surface area contributed by atoms with E-state index in [0.29, 0.717) is 30.6 Å². The average molecular weight is 269 g/mol. The second-order valence-electron chi connectivity index (χ2n) is 5.38. The molecule has 1 aromatic heterocycles. The first-order chi connectivity index (χ1) is 8.95. The molecule has 1 saturated heterocycles. The first-order valence-electron chi connectivity index (χ1n) is 6.42. The molecule has 2 rings (SSSR count). The standard InChI is InChI=1S/C12H19N3O4/c1-7(2)3-11-13-10(14-19-11)6-15-5-8(16)4-9(15)12(17)18/h7-9,16H,3-6H2,1-2H3,(H,17,18). The Balaban J connectivity index is 2.00. The van der Waals surface area contributed by atoms with E-state index in [1.165, 1.54) is 0 Å². The maximum absolute atomic E-state index is 11.1. The van der Waals surface area contributed by atoms with Gasteiger partial charge in [0, 0.05) is 19.4 Å². The van der Waals surface area contributed by atoms with Crippen molar-refractivity contribution >= 4 is 5.97 Å². The molecule has 0 radical (unpaired) electrons. The number of β-amino-alcohol motifs (C(OH)–C–C–N with tert-alkyl or cyclic N) is 1. The number of hydrogen-bond donors (Lipinski definition) is 2. The van der Waals surface area contributed by atoms with Crippen molar-refractivity contribution in [1.29, 1.82) is 0 Å². The third-order valence-corrected chi connectivity index (χ3v) is 3.10. The van der Waals surface area contributed by atoms with E-state index in [-0.39, 0.29) is 13.0 Å². The Bertz CT molecular complexity index is 446. The molecule has 19 heavy (non-hydrogen) atoms. The molecular formula is C12H19N3O4. The number of nitrogens with zero attached hydrogens (tertiary/aromatic N) is 3. The third kappa shape index (κ3) is 3.51. The van der Waals surface area contributed by atoms with Crippen molar-refractivity contribution in [3.05, 3.63) is 11.7 Å². The lowest BCUT2D eigenvalue weighted by Crippen LogP contribution is -2.35. The van der Waals surface area contributed by atoms with Gasteiger partial charge in [-0.05, 0) is 5.92 Å². The molecule has 0 amide bonds. The summed E-state index contributed by atoms with van der Waals surface area (Å²) in [6.07, 6.45) is 0.340. The normalized spacial score (nSPS) is 24.2. The number of aromatic nitrogens is 2. The van der Waals surface area contributed by atoms with Crippen molar-refractivity contribution in [2.24, 2.45) is 5.92 Å². The van der Waals surface area contributed by atoms with Gasteiger partial charge in [-0.3, -0.25) is 9.69 Å². The summed E-state index contributed by atoms with van der Waals surface area (Å²) >= 11 is 0. The lowest BCUT2D eigenvalue weighted by Gasteiger charge is -2.18. The Kier molecular flexibility index (Phi) is 4.16. The zero-order valence-corrected chi connectivity index (χ0v) is 11.1. The Morgan fingerprint density at radius 2 is 2.32 bits per heavy atom. The monoisotopic (exact) mass is 269 g/mol. The summed E-state index contributed by atoms with van der Waals surface area (Å²) in [6.45, 7) is 4.73. The molecule has 1 aliphatic rings. The fraction of sp³-hybridized carbons (Fsp3) is 0.750. The van der Waals surface area contributed by atoms with E-state index >= 15 is 0 Å². The van der Waals surface area contributed by atoms with Gasteiger partial charge in [-0.15, -0.1) is 0 Å². The second kappa shape index (κ2) is 5.66. The Morgan fingerprint density at radius 3 is 2.95 bits per heavy atom. The first kappa shape index (κ1) is 14.0. The van der Waals surface area contributed by atoms with Gasteiger partial charge in [0.2, 0.25) is 5.89 Å². The summed E-state index contributed by atoms with van der Waals surface area (Å²) in [6, 6.07) is -0.679. The molecule has 1 aromatic rings. The van der Waals surface area contributed by atoms with Crippen LogP contribution in [0, 0.1) is 5.92 Å². The van der Waals surface area contributed by atoms with Gasteiger partial charge >= 0.3 is 5.97 Å². The highest BCUT2D eigenvalue weighted by Gasteiger charge is 2.36. The molecule has 0 aromatic carbocycles. The van der Waals surface area contributed by atoms with Gasteiger partial charge in [0.1, 0.15) is 6.04 Å². The Morgan fingerprint density at radius 1 is 1.58 bits per heavy atom. The van der Waals surface area contributed by atoms with Crippen LogP contribution in [0.25, 0.3) is 0 Å². The predicted octanol–water partition coefficient (Wildman–Crippen LogP) is 0.288. The van der Waals surface area contributed by atoms with Crippen LogP contribution in [0.15, 0.2) is 4.52 Å². The van der Waals surface area contributed by atoms with Crippen molar-refractivity contribution in [2.75, 3.05) is 6.54 Å². The Labute approximate surface area is 111 Å². The van der Waals surface area contributed by atoms with E-state index in [1.54, 1.807) is 4.90 Å². The van der Waals surface area contributed by atoms with Gasteiger partial charge in [-0.1, -0.05) is 19.0 Å². The molecule has 2 N–H and O–H groups in total. The van der Waals surface area contributed by atoms with Crippen LogP contribution in [0.3, 0.4) is 0 Å². The molecule has 0 saturated carbocycles. The number of likely N-dealkylation sites (tertiary alicyclic amines) is 1. The summed E-state index contributed by atoms with van der Waals surface area (Å²) in [5, 5.41) is 22.5. The fourth-order valence-corrected chi connectivity index (χ4v) is 2.28. The topological polar surface area (TPSA) is 99.7 Å². The predicted molar refractivity (Wildman–Crippen MR) is 65.3 cm³/mol. The average Bonchev–Trinajstić information content (AvgIpc) is 2.85. The molecule has 0 bridgehead atoms. The number of rotatable bonds is 5. The number of carboxylic acids is 1. The SMILES string of the molecule is CC(C)Cc1nc(CN2CC(O)CC2C(=O)O)no1. The second-order valence-corrected chi connectivity index (χ2v) is 5.38. The lowest BCUT2D eigenvalue weighted by atomic mass is 10.1. The highest BCUT2D eigenvalue weighted by atomic mass is 16.5. The first-order valence-corrected chi connectivity index (χ1v) is 6.42. The maximum Gasteiger partial charge on any atom is 0.321 e. The number of carboxylic acid groups (broad SMARTS) is 1. The van der Waals surface area contributed by atoms with Crippen LogP contribution in [-0.2, 0) is 17.8 Å². The van der Waals surface area contributed by atoms with Gasteiger partial charge in [-0.2, -0.15) is 4.98 Å². The van der Waals surface area contributed by atoms with Crippen LogP contribution in [0.4, 0.5) is 0 Å². The summed E-state index contributed by atoms with van der Waals surface area (Å²) in [7, 11) is 0. The van der Waals surface area contributed by atoms with Crippen LogP contribution < -0.4 is 0 Å². The molecule has 2 unspecified atom stereocenters. The summed E-state index contributed by atoms with van der Waals surface area (Å²) in [5.41, 5.74) is 0. The molecule has 7 heteroatoms. The molecular weight excluding hydrogens is 250 g/mol. The van der Waals surface area contributed by atoms with E-state index in [4.69, 9.17) is 9.63 Å². The minimum atomic E-state index is -0.928. The lowest BCUT2D eigenvalue weighted by molar-refractivity contribution is -0.142. The minimum absolute atomic E-state index is 0.242. The summed E-state index contributed by atoms with van der Waals surface area (Å²) in [4.78, 5) is 17.0. The van der Waals surface area contributed by atoms with E-state index in [1.807, 2.05) is 0 Å². The molecule has 0 aliphatic carbocycles.